The van der Waals surface area contributed by atoms with Gasteiger partial charge in [-0.15, -0.1) is 0 Å². The standard InChI is InChI=1S/C17H23N3O2/c1-4-14-10-15(20-19-14)11-18-17(21)5-6-22-16-8-12(2)7-13(3)9-16/h7-10H,4-6,11H2,1-3H3,(H,18,21)(H,19,20). The van der Waals surface area contributed by atoms with Crippen molar-refractivity contribution in [1.82, 2.24) is 15.5 Å². The second kappa shape index (κ2) is 7.64. The first kappa shape index (κ1) is 16.1. The molecule has 0 aliphatic heterocycles. The van der Waals surface area contributed by atoms with Gasteiger partial charge in [-0.3, -0.25) is 9.89 Å². The predicted molar refractivity (Wildman–Crippen MR) is 85.8 cm³/mol. The number of hydrogen-bond donors (Lipinski definition) is 2. The molecule has 1 amide bonds. The van der Waals surface area contributed by atoms with Crippen molar-refractivity contribution in [2.75, 3.05) is 6.61 Å². The summed E-state index contributed by atoms with van der Waals surface area (Å²) in [6.07, 6.45) is 1.22. The second-order valence-corrected chi connectivity index (χ2v) is 5.44. The van der Waals surface area contributed by atoms with Crippen molar-refractivity contribution >= 4 is 5.91 Å². The van der Waals surface area contributed by atoms with E-state index < -0.39 is 0 Å². The Hall–Kier alpha value is -2.30. The highest BCUT2D eigenvalue weighted by Crippen LogP contribution is 2.16. The van der Waals surface area contributed by atoms with Gasteiger partial charge >= 0.3 is 0 Å². The van der Waals surface area contributed by atoms with Crippen molar-refractivity contribution in [3.05, 3.63) is 46.8 Å². The number of carbonyl (C=O) groups excluding carboxylic acids is 1. The quantitative estimate of drug-likeness (QED) is 0.826. The number of hydrogen-bond acceptors (Lipinski definition) is 3. The van der Waals surface area contributed by atoms with Gasteiger partial charge < -0.3 is 10.1 Å². The molecule has 0 bridgehead atoms. The van der Waals surface area contributed by atoms with E-state index in [-0.39, 0.29) is 5.91 Å². The third kappa shape index (κ3) is 4.91. The first-order valence-electron chi connectivity index (χ1n) is 7.57. The van der Waals surface area contributed by atoms with Crippen molar-refractivity contribution in [3.63, 3.8) is 0 Å². The molecule has 1 aromatic heterocycles. The van der Waals surface area contributed by atoms with Crippen LogP contribution >= 0.6 is 0 Å². The summed E-state index contributed by atoms with van der Waals surface area (Å²) in [5.41, 5.74) is 4.23. The molecule has 0 saturated carbocycles. The molecular weight excluding hydrogens is 278 g/mol. The normalized spacial score (nSPS) is 10.5. The fraction of sp³-hybridized carbons (Fsp3) is 0.412. The first-order valence-corrected chi connectivity index (χ1v) is 7.57. The van der Waals surface area contributed by atoms with Crippen LogP contribution < -0.4 is 10.1 Å². The van der Waals surface area contributed by atoms with Crippen molar-refractivity contribution in [2.24, 2.45) is 0 Å². The minimum absolute atomic E-state index is 0.0305. The Morgan fingerprint density at radius 1 is 1.23 bits per heavy atom. The number of H-pyrrole nitrogens is 1. The second-order valence-electron chi connectivity index (χ2n) is 5.44. The summed E-state index contributed by atoms with van der Waals surface area (Å²) in [7, 11) is 0. The zero-order chi connectivity index (χ0) is 15.9. The number of amides is 1. The summed E-state index contributed by atoms with van der Waals surface area (Å²) in [6, 6.07) is 8.00. The Morgan fingerprint density at radius 2 is 1.95 bits per heavy atom. The lowest BCUT2D eigenvalue weighted by Gasteiger charge is -2.08. The predicted octanol–water partition coefficient (Wildman–Crippen LogP) is 2.67. The molecular formula is C17H23N3O2. The van der Waals surface area contributed by atoms with Gasteiger partial charge in [0.05, 0.1) is 31.0 Å². The summed E-state index contributed by atoms with van der Waals surface area (Å²) in [5.74, 6) is 0.781. The van der Waals surface area contributed by atoms with Crippen molar-refractivity contribution in [2.45, 2.75) is 40.2 Å². The first-order chi connectivity index (χ1) is 10.6. The van der Waals surface area contributed by atoms with Crippen LogP contribution in [0.25, 0.3) is 0 Å². The summed E-state index contributed by atoms with van der Waals surface area (Å²) in [5, 5.41) is 9.90. The molecule has 2 aromatic rings. The minimum atomic E-state index is -0.0305. The monoisotopic (exact) mass is 301 g/mol. The van der Waals surface area contributed by atoms with E-state index in [0.29, 0.717) is 19.6 Å². The van der Waals surface area contributed by atoms with E-state index in [1.54, 1.807) is 0 Å². The van der Waals surface area contributed by atoms with Gasteiger partial charge in [0.1, 0.15) is 5.75 Å². The maximum absolute atomic E-state index is 11.8. The number of nitrogens with one attached hydrogen (secondary N) is 2. The molecule has 2 N–H and O–H groups in total. The Kier molecular flexibility index (Phi) is 5.58. The molecule has 0 unspecified atom stereocenters. The highest BCUT2D eigenvalue weighted by atomic mass is 16.5. The van der Waals surface area contributed by atoms with E-state index in [4.69, 9.17) is 4.74 Å². The van der Waals surface area contributed by atoms with Gasteiger partial charge in [-0.05, 0) is 49.6 Å². The molecule has 1 aromatic carbocycles. The van der Waals surface area contributed by atoms with Crippen LogP contribution in [0.2, 0.25) is 0 Å². The third-order valence-electron chi connectivity index (χ3n) is 3.32. The largest absolute Gasteiger partial charge is 0.493 e. The lowest BCUT2D eigenvalue weighted by molar-refractivity contribution is -0.121. The van der Waals surface area contributed by atoms with E-state index in [1.807, 2.05) is 39.0 Å². The fourth-order valence-electron chi connectivity index (χ4n) is 2.24. The Balaban J connectivity index is 1.71. The smallest absolute Gasteiger partial charge is 0.223 e. The number of aromatic amines is 1. The van der Waals surface area contributed by atoms with E-state index in [0.717, 1.165) is 34.7 Å². The van der Waals surface area contributed by atoms with Crippen LogP contribution in [0.4, 0.5) is 0 Å². The maximum atomic E-state index is 11.8. The molecule has 0 fully saturated rings. The molecule has 0 saturated heterocycles. The lowest BCUT2D eigenvalue weighted by Crippen LogP contribution is -2.24. The number of rotatable bonds is 7. The molecule has 1 heterocycles. The van der Waals surface area contributed by atoms with Gasteiger partial charge in [0.2, 0.25) is 5.91 Å². The van der Waals surface area contributed by atoms with E-state index in [2.05, 4.69) is 21.6 Å². The molecule has 0 spiro atoms. The van der Waals surface area contributed by atoms with Gasteiger partial charge in [0.15, 0.2) is 0 Å². The van der Waals surface area contributed by atoms with E-state index in [9.17, 15) is 4.79 Å². The van der Waals surface area contributed by atoms with Crippen LogP contribution in [0.5, 0.6) is 5.75 Å². The van der Waals surface area contributed by atoms with Gasteiger partial charge in [-0.25, -0.2) is 0 Å². The van der Waals surface area contributed by atoms with Crippen molar-refractivity contribution in [3.8, 4) is 5.75 Å². The minimum Gasteiger partial charge on any atom is -0.493 e. The SMILES string of the molecule is CCc1cc(CNC(=O)CCOc2cc(C)cc(C)c2)[nH]n1. The van der Waals surface area contributed by atoms with Crippen LogP contribution in [-0.4, -0.2) is 22.7 Å². The Morgan fingerprint density at radius 3 is 2.59 bits per heavy atom. The Bertz CT molecular complexity index is 614. The molecule has 118 valence electrons. The highest BCUT2D eigenvalue weighted by molar-refractivity contribution is 5.75. The summed E-state index contributed by atoms with van der Waals surface area (Å²) in [6.45, 7) is 6.94. The Labute approximate surface area is 131 Å². The molecule has 0 radical (unpaired) electrons. The topological polar surface area (TPSA) is 67.0 Å². The summed E-state index contributed by atoms with van der Waals surface area (Å²) < 4.78 is 5.63. The van der Waals surface area contributed by atoms with Gasteiger partial charge in [-0.2, -0.15) is 5.10 Å². The van der Waals surface area contributed by atoms with Crippen molar-refractivity contribution < 1.29 is 9.53 Å². The average molecular weight is 301 g/mol. The number of ether oxygens (including phenoxy) is 1. The number of carbonyl (C=O) groups is 1. The van der Waals surface area contributed by atoms with E-state index in [1.165, 1.54) is 0 Å². The van der Waals surface area contributed by atoms with Crippen LogP contribution in [0.15, 0.2) is 24.3 Å². The number of benzene rings is 1. The van der Waals surface area contributed by atoms with Crippen LogP contribution in [0.3, 0.4) is 0 Å². The number of aryl methyl sites for hydroxylation is 3. The van der Waals surface area contributed by atoms with Crippen LogP contribution in [0.1, 0.15) is 35.9 Å². The number of nitrogens with zero attached hydrogens (tertiary/aromatic N) is 1. The lowest BCUT2D eigenvalue weighted by atomic mass is 10.1. The molecule has 0 aliphatic rings. The van der Waals surface area contributed by atoms with Gasteiger partial charge in [0.25, 0.3) is 0 Å². The third-order valence-corrected chi connectivity index (χ3v) is 3.32. The maximum Gasteiger partial charge on any atom is 0.223 e. The van der Waals surface area contributed by atoms with E-state index >= 15 is 0 Å². The zero-order valence-electron chi connectivity index (χ0n) is 13.4. The molecule has 2 rings (SSSR count). The molecule has 0 atom stereocenters. The molecule has 5 nitrogen and oxygen atoms in total. The van der Waals surface area contributed by atoms with Crippen LogP contribution in [0, 0.1) is 13.8 Å². The average Bonchev–Trinajstić information content (AvgIpc) is 2.92. The van der Waals surface area contributed by atoms with Crippen molar-refractivity contribution in [1.29, 1.82) is 0 Å². The molecule has 22 heavy (non-hydrogen) atoms. The van der Waals surface area contributed by atoms with Gasteiger partial charge in [-0.1, -0.05) is 13.0 Å². The highest BCUT2D eigenvalue weighted by Gasteiger charge is 2.05. The summed E-state index contributed by atoms with van der Waals surface area (Å²) in [4.78, 5) is 11.8. The molecule has 0 aliphatic carbocycles. The number of aromatic nitrogens is 2. The fourth-order valence-corrected chi connectivity index (χ4v) is 2.24. The summed E-state index contributed by atoms with van der Waals surface area (Å²) >= 11 is 0. The molecule has 5 heteroatoms. The zero-order valence-corrected chi connectivity index (χ0v) is 13.4. The van der Waals surface area contributed by atoms with Crippen LogP contribution in [-0.2, 0) is 17.8 Å². The van der Waals surface area contributed by atoms with Gasteiger partial charge in [0, 0.05) is 0 Å².